The number of nitrogens with two attached hydrogens (primary N) is 1. The Labute approximate surface area is 168 Å². The molecule has 0 radical (unpaired) electrons. The highest BCUT2D eigenvalue weighted by Crippen LogP contribution is 2.34. The number of nitrogens with one attached hydrogen (secondary N) is 1. The zero-order valence-corrected chi connectivity index (χ0v) is 16.4. The van der Waals surface area contributed by atoms with E-state index in [0.29, 0.717) is 30.0 Å². The molecule has 2 heterocycles. The molecule has 3 rings (SSSR count). The summed E-state index contributed by atoms with van der Waals surface area (Å²) in [6, 6.07) is 7.25. The lowest BCUT2D eigenvalue weighted by atomic mass is 9.89. The van der Waals surface area contributed by atoms with Crippen LogP contribution in [0.2, 0.25) is 0 Å². The molecule has 6 nitrogen and oxygen atoms in total. The van der Waals surface area contributed by atoms with Crippen LogP contribution in [0.3, 0.4) is 0 Å². The van der Waals surface area contributed by atoms with Crippen LogP contribution < -0.4 is 11.1 Å². The molecule has 1 aliphatic heterocycles. The number of hydrogen-bond acceptors (Lipinski definition) is 4. The fourth-order valence-corrected chi connectivity index (χ4v) is 3.56. The summed E-state index contributed by atoms with van der Waals surface area (Å²) >= 11 is 0. The van der Waals surface area contributed by atoms with Crippen molar-refractivity contribution in [3.8, 4) is 0 Å². The monoisotopic (exact) mass is 402 g/mol. The number of likely N-dealkylation sites (tertiary alicyclic amines) is 1. The molecular weight excluding hydrogens is 378 g/mol. The van der Waals surface area contributed by atoms with E-state index in [-0.39, 0.29) is 17.5 Å². The van der Waals surface area contributed by atoms with Crippen molar-refractivity contribution in [2.75, 3.05) is 17.6 Å². The molecule has 2 atom stereocenters. The van der Waals surface area contributed by atoms with E-state index in [1.807, 2.05) is 6.92 Å². The van der Waals surface area contributed by atoms with Gasteiger partial charge in [-0.3, -0.25) is 9.59 Å². The van der Waals surface area contributed by atoms with Gasteiger partial charge < -0.3 is 16.0 Å². The van der Waals surface area contributed by atoms with Crippen molar-refractivity contribution in [2.24, 2.45) is 5.92 Å². The van der Waals surface area contributed by atoms with E-state index >= 15 is 0 Å². The van der Waals surface area contributed by atoms with Gasteiger partial charge in [0.1, 0.15) is 5.82 Å². The maximum Gasteiger partial charge on any atom is 0.313 e. The van der Waals surface area contributed by atoms with Gasteiger partial charge in [0.15, 0.2) is 0 Å². The van der Waals surface area contributed by atoms with Crippen LogP contribution in [0.5, 0.6) is 0 Å². The predicted molar refractivity (Wildman–Crippen MR) is 106 cm³/mol. The second kappa shape index (κ2) is 8.55. The molecule has 1 saturated heterocycles. The second-order valence-electron chi connectivity index (χ2n) is 7.50. The average molecular weight is 402 g/mol. The smallest absolute Gasteiger partial charge is 0.313 e. The van der Waals surface area contributed by atoms with Gasteiger partial charge in [0.05, 0.1) is 17.9 Å². The zero-order chi connectivity index (χ0) is 21.1. The first kappa shape index (κ1) is 20.7. The first-order valence-electron chi connectivity index (χ1n) is 9.48. The Morgan fingerprint density at radius 3 is 2.55 bits per heavy atom. The number of alkyl halides is 2. The number of anilines is 2. The number of amides is 2. The molecule has 1 aromatic heterocycles. The Balaban J connectivity index is 1.79. The van der Waals surface area contributed by atoms with Crippen LogP contribution in [0.25, 0.3) is 0 Å². The third-order valence-corrected chi connectivity index (χ3v) is 5.22. The lowest BCUT2D eigenvalue weighted by Crippen LogP contribution is -2.46. The van der Waals surface area contributed by atoms with Crippen LogP contribution in [0.1, 0.15) is 48.9 Å². The van der Waals surface area contributed by atoms with E-state index < -0.39 is 18.2 Å². The minimum absolute atomic E-state index is 0.0697. The lowest BCUT2D eigenvalue weighted by molar-refractivity contribution is -0.146. The Hall–Kier alpha value is -3.03. The quantitative estimate of drug-likeness (QED) is 0.764. The summed E-state index contributed by atoms with van der Waals surface area (Å²) in [5.74, 6) is -0.830. The third-order valence-electron chi connectivity index (χ3n) is 5.22. The van der Waals surface area contributed by atoms with Gasteiger partial charge in [-0.2, -0.15) is 0 Å². The molecule has 0 unspecified atom stereocenters. The van der Waals surface area contributed by atoms with Gasteiger partial charge in [-0.25, -0.2) is 13.8 Å². The molecule has 1 aliphatic rings. The number of piperidine rings is 1. The molecule has 1 aromatic carbocycles. The fraction of sp³-hybridized carbons (Fsp3) is 0.381. The topological polar surface area (TPSA) is 88.3 Å². The van der Waals surface area contributed by atoms with Crippen molar-refractivity contribution in [1.82, 2.24) is 9.88 Å². The minimum Gasteiger partial charge on any atom is -0.383 e. The summed E-state index contributed by atoms with van der Waals surface area (Å²) in [7, 11) is 0. The summed E-state index contributed by atoms with van der Waals surface area (Å²) in [6.45, 7) is 4.19. The van der Waals surface area contributed by atoms with Crippen molar-refractivity contribution >= 4 is 23.3 Å². The predicted octanol–water partition coefficient (Wildman–Crippen LogP) is 3.85. The van der Waals surface area contributed by atoms with E-state index in [9.17, 15) is 18.4 Å². The van der Waals surface area contributed by atoms with Gasteiger partial charge in [0, 0.05) is 12.1 Å². The normalized spacial score (nSPS) is 19.3. The summed E-state index contributed by atoms with van der Waals surface area (Å²) in [6.07, 6.45) is 0.396. The van der Waals surface area contributed by atoms with Crippen molar-refractivity contribution in [2.45, 2.75) is 39.2 Å². The summed E-state index contributed by atoms with van der Waals surface area (Å²) in [5, 5.41) is 2.57. The second-order valence-corrected chi connectivity index (χ2v) is 7.50. The Morgan fingerprint density at radius 1 is 1.24 bits per heavy atom. The van der Waals surface area contributed by atoms with Crippen LogP contribution in [-0.2, 0) is 9.59 Å². The molecule has 0 bridgehead atoms. The van der Waals surface area contributed by atoms with Crippen LogP contribution in [0.15, 0.2) is 36.5 Å². The maximum absolute atomic E-state index is 12.9. The highest BCUT2D eigenvalue weighted by atomic mass is 19.3. The number of nitrogens with zero attached hydrogens (tertiary/aromatic N) is 2. The Kier molecular flexibility index (Phi) is 6.10. The standard InChI is InChI=1S/C21H24F2N4O2/c1-12-3-8-17(14-4-6-15(7-5-14)18(22)23)27(11-12)21(29)20(28)26-16-9-13(2)19(24)25-10-16/h4-7,9-10,12,17-18H,3,8,11H2,1-2H3,(H2,24,25)(H,26,28)/t12-,17+/m1/s1. The molecule has 154 valence electrons. The number of pyridine rings is 1. The molecule has 2 amide bonds. The van der Waals surface area contributed by atoms with Gasteiger partial charge >= 0.3 is 11.8 Å². The highest BCUT2D eigenvalue weighted by molar-refractivity contribution is 6.39. The zero-order valence-electron chi connectivity index (χ0n) is 16.4. The first-order valence-corrected chi connectivity index (χ1v) is 9.48. The number of carbonyl (C=O) groups excluding carboxylic acids is 2. The van der Waals surface area contributed by atoms with Gasteiger partial charge in [-0.1, -0.05) is 31.2 Å². The van der Waals surface area contributed by atoms with E-state index in [4.69, 9.17) is 5.73 Å². The summed E-state index contributed by atoms with van der Waals surface area (Å²) < 4.78 is 25.7. The number of aryl methyl sites for hydroxylation is 1. The minimum atomic E-state index is -2.55. The molecular formula is C21H24F2N4O2. The van der Waals surface area contributed by atoms with Crippen LogP contribution in [0.4, 0.5) is 20.3 Å². The fourth-order valence-electron chi connectivity index (χ4n) is 3.56. The van der Waals surface area contributed by atoms with Crippen molar-refractivity contribution in [3.63, 3.8) is 0 Å². The molecule has 29 heavy (non-hydrogen) atoms. The number of halogens is 2. The van der Waals surface area contributed by atoms with Gasteiger partial charge in [0.2, 0.25) is 0 Å². The third kappa shape index (κ3) is 4.70. The number of aromatic nitrogens is 1. The number of nitrogen functional groups attached to an aromatic ring is 1. The maximum atomic E-state index is 12.9. The SMILES string of the molecule is Cc1cc(NC(=O)C(=O)N2C[C@H](C)CC[C@H]2c2ccc(C(F)F)cc2)cnc1N. The molecule has 0 saturated carbocycles. The summed E-state index contributed by atoms with van der Waals surface area (Å²) in [4.78, 5) is 31.0. The van der Waals surface area contributed by atoms with E-state index in [1.54, 1.807) is 25.1 Å². The Morgan fingerprint density at radius 2 is 1.93 bits per heavy atom. The Bertz CT molecular complexity index is 902. The highest BCUT2D eigenvalue weighted by Gasteiger charge is 2.34. The van der Waals surface area contributed by atoms with Crippen LogP contribution >= 0.6 is 0 Å². The molecule has 1 fully saturated rings. The van der Waals surface area contributed by atoms with Gasteiger partial charge in [-0.15, -0.1) is 0 Å². The lowest BCUT2D eigenvalue weighted by Gasteiger charge is -2.38. The van der Waals surface area contributed by atoms with Crippen LogP contribution in [-0.4, -0.2) is 28.2 Å². The van der Waals surface area contributed by atoms with E-state index in [0.717, 1.165) is 12.0 Å². The molecule has 0 spiro atoms. The summed E-state index contributed by atoms with van der Waals surface area (Å²) in [5.41, 5.74) is 7.43. The van der Waals surface area contributed by atoms with Gasteiger partial charge in [-0.05, 0) is 42.9 Å². The van der Waals surface area contributed by atoms with Crippen LogP contribution in [0, 0.1) is 12.8 Å². The molecule has 0 aliphatic carbocycles. The molecule has 2 aromatic rings. The molecule has 3 N–H and O–H groups in total. The van der Waals surface area contributed by atoms with Crippen molar-refractivity contribution < 1.29 is 18.4 Å². The number of benzene rings is 1. The average Bonchev–Trinajstić information content (AvgIpc) is 2.70. The van der Waals surface area contributed by atoms with Crippen molar-refractivity contribution in [3.05, 3.63) is 53.2 Å². The molecule has 8 heteroatoms. The number of carbonyl (C=O) groups is 2. The first-order chi connectivity index (χ1) is 13.8. The van der Waals surface area contributed by atoms with E-state index in [1.165, 1.54) is 23.2 Å². The number of rotatable bonds is 3. The largest absolute Gasteiger partial charge is 0.383 e. The van der Waals surface area contributed by atoms with E-state index in [2.05, 4.69) is 10.3 Å². The number of hydrogen-bond donors (Lipinski definition) is 2. The van der Waals surface area contributed by atoms with Crippen molar-refractivity contribution in [1.29, 1.82) is 0 Å². The van der Waals surface area contributed by atoms with Gasteiger partial charge in [0.25, 0.3) is 6.43 Å².